The lowest BCUT2D eigenvalue weighted by atomic mass is 10.0. The van der Waals surface area contributed by atoms with Crippen LogP contribution in [-0.4, -0.2) is 25.7 Å². The molecular weight excluding hydrogens is 388 g/mol. The van der Waals surface area contributed by atoms with Gasteiger partial charge in [0.25, 0.3) is 0 Å². The van der Waals surface area contributed by atoms with Gasteiger partial charge in [0, 0.05) is 22.0 Å². The summed E-state index contributed by atoms with van der Waals surface area (Å²) in [6, 6.07) is 21.6. The van der Waals surface area contributed by atoms with Crippen LogP contribution in [0, 0.1) is 0 Å². The molecule has 0 aliphatic carbocycles. The van der Waals surface area contributed by atoms with Crippen LogP contribution in [0.4, 0.5) is 11.5 Å². The first-order chi connectivity index (χ1) is 14.0. The molecule has 8 heteroatoms. The van der Waals surface area contributed by atoms with Gasteiger partial charge in [0.2, 0.25) is 10.0 Å². The van der Waals surface area contributed by atoms with Gasteiger partial charge >= 0.3 is 0 Å². The van der Waals surface area contributed by atoms with Crippen LogP contribution < -0.4 is 15.2 Å². The van der Waals surface area contributed by atoms with Gasteiger partial charge in [-0.2, -0.15) is 0 Å². The number of hydrogen-bond donors (Lipinski definition) is 2. The van der Waals surface area contributed by atoms with Crippen LogP contribution in [0.5, 0.6) is 5.75 Å². The Morgan fingerprint density at radius 3 is 2.41 bits per heavy atom. The third-order valence-corrected chi connectivity index (χ3v) is 5.37. The van der Waals surface area contributed by atoms with Crippen molar-refractivity contribution in [2.24, 2.45) is 5.14 Å². The van der Waals surface area contributed by atoms with Crippen molar-refractivity contribution in [3.63, 3.8) is 0 Å². The number of primary sulfonamides is 1. The van der Waals surface area contributed by atoms with E-state index in [1.54, 1.807) is 19.2 Å². The van der Waals surface area contributed by atoms with E-state index in [1.165, 1.54) is 12.1 Å². The van der Waals surface area contributed by atoms with Crippen LogP contribution in [0.2, 0.25) is 0 Å². The number of aromatic nitrogens is 2. The number of fused-ring (bicyclic) bond motifs is 1. The molecule has 0 radical (unpaired) electrons. The van der Waals surface area contributed by atoms with E-state index in [0.29, 0.717) is 11.5 Å². The maximum absolute atomic E-state index is 11.6. The van der Waals surface area contributed by atoms with Gasteiger partial charge in [-0.05, 0) is 30.3 Å². The van der Waals surface area contributed by atoms with Crippen LogP contribution in [0.1, 0.15) is 0 Å². The number of ether oxygens (including phenoxy) is 1. The summed E-state index contributed by atoms with van der Waals surface area (Å²) in [7, 11) is -2.18. The van der Waals surface area contributed by atoms with Crippen molar-refractivity contribution in [2.75, 3.05) is 12.4 Å². The summed E-state index contributed by atoms with van der Waals surface area (Å²) in [6.07, 6.45) is 0. The van der Waals surface area contributed by atoms with Crippen LogP contribution >= 0.6 is 0 Å². The maximum atomic E-state index is 11.6. The summed E-state index contributed by atoms with van der Waals surface area (Å²) >= 11 is 0. The molecule has 146 valence electrons. The predicted molar refractivity (Wildman–Crippen MR) is 113 cm³/mol. The Labute approximate surface area is 168 Å². The van der Waals surface area contributed by atoms with Gasteiger partial charge in [0.05, 0.1) is 12.0 Å². The highest BCUT2D eigenvalue weighted by Gasteiger charge is 2.13. The molecule has 3 N–H and O–H groups in total. The molecule has 0 saturated carbocycles. The molecule has 0 atom stereocenters. The summed E-state index contributed by atoms with van der Waals surface area (Å²) in [6.45, 7) is 0. The summed E-state index contributed by atoms with van der Waals surface area (Å²) < 4.78 is 28.5. The molecule has 0 aliphatic heterocycles. The molecule has 7 nitrogen and oxygen atoms in total. The maximum Gasteiger partial charge on any atom is 0.238 e. The fraction of sp³-hybridized carbons (Fsp3) is 0.0476. The van der Waals surface area contributed by atoms with E-state index in [4.69, 9.17) is 9.88 Å². The average molecular weight is 406 g/mol. The normalized spacial score (nSPS) is 11.4. The van der Waals surface area contributed by atoms with Gasteiger partial charge in [-0.25, -0.2) is 13.6 Å². The first-order valence-electron chi connectivity index (χ1n) is 8.75. The molecule has 0 amide bonds. The molecule has 0 bridgehead atoms. The topological polar surface area (TPSA) is 107 Å². The van der Waals surface area contributed by atoms with Crippen LogP contribution in [0.25, 0.3) is 22.0 Å². The third kappa shape index (κ3) is 3.89. The highest BCUT2D eigenvalue weighted by Crippen LogP contribution is 2.32. The summed E-state index contributed by atoms with van der Waals surface area (Å²) in [5, 5.41) is 18.9. The second kappa shape index (κ2) is 7.50. The molecule has 3 aromatic carbocycles. The zero-order valence-corrected chi connectivity index (χ0v) is 16.3. The zero-order valence-electron chi connectivity index (χ0n) is 15.5. The zero-order chi connectivity index (χ0) is 20.4. The number of methoxy groups -OCH3 is 1. The lowest BCUT2D eigenvalue weighted by Crippen LogP contribution is -2.12. The number of benzene rings is 3. The van der Waals surface area contributed by atoms with E-state index in [-0.39, 0.29) is 4.90 Å². The number of nitrogens with two attached hydrogens (primary N) is 1. The molecule has 0 fully saturated rings. The SMILES string of the molecule is COc1cccc(-c2nnc(Nc3cccc(S(N)(=O)=O)c3)c3ccccc23)c1. The van der Waals surface area contributed by atoms with Gasteiger partial charge in [0.15, 0.2) is 5.82 Å². The first kappa shape index (κ1) is 18.9. The van der Waals surface area contributed by atoms with Crippen molar-refractivity contribution >= 4 is 32.3 Å². The van der Waals surface area contributed by atoms with Crippen molar-refractivity contribution in [2.45, 2.75) is 4.90 Å². The van der Waals surface area contributed by atoms with E-state index < -0.39 is 10.0 Å². The smallest absolute Gasteiger partial charge is 0.238 e. The van der Waals surface area contributed by atoms with Crippen molar-refractivity contribution in [3.8, 4) is 17.0 Å². The number of sulfonamides is 1. The van der Waals surface area contributed by atoms with Crippen LogP contribution in [0.15, 0.2) is 77.7 Å². The Balaban J connectivity index is 1.80. The van der Waals surface area contributed by atoms with Gasteiger partial charge in [-0.1, -0.05) is 42.5 Å². The predicted octanol–water partition coefficient (Wildman–Crippen LogP) is 3.70. The van der Waals surface area contributed by atoms with Gasteiger partial charge < -0.3 is 10.1 Å². The van der Waals surface area contributed by atoms with E-state index in [0.717, 1.165) is 27.8 Å². The van der Waals surface area contributed by atoms with Gasteiger partial charge in [0.1, 0.15) is 11.4 Å². The second-order valence-corrected chi connectivity index (χ2v) is 7.93. The van der Waals surface area contributed by atoms with E-state index >= 15 is 0 Å². The molecule has 1 heterocycles. The fourth-order valence-electron chi connectivity index (χ4n) is 3.07. The molecule has 0 spiro atoms. The quantitative estimate of drug-likeness (QED) is 0.523. The molecule has 1 aromatic heterocycles. The van der Waals surface area contributed by atoms with Crippen molar-refractivity contribution < 1.29 is 13.2 Å². The molecule has 4 aromatic rings. The lowest BCUT2D eigenvalue weighted by Gasteiger charge is -2.12. The Kier molecular flexibility index (Phi) is 4.87. The molecular formula is C21H18N4O3S. The molecule has 4 rings (SSSR count). The van der Waals surface area contributed by atoms with Crippen molar-refractivity contribution in [3.05, 3.63) is 72.8 Å². The van der Waals surface area contributed by atoms with Gasteiger partial charge in [-0.3, -0.25) is 0 Å². The second-order valence-electron chi connectivity index (χ2n) is 6.37. The number of rotatable bonds is 5. The summed E-state index contributed by atoms with van der Waals surface area (Å²) in [5.41, 5.74) is 2.16. The summed E-state index contributed by atoms with van der Waals surface area (Å²) in [5.74, 6) is 1.24. The lowest BCUT2D eigenvalue weighted by molar-refractivity contribution is 0.415. The number of hydrogen-bond acceptors (Lipinski definition) is 6. The fourth-order valence-corrected chi connectivity index (χ4v) is 3.63. The average Bonchev–Trinajstić information content (AvgIpc) is 2.73. The number of nitrogens with zero attached hydrogens (tertiary/aromatic N) is 2. The molecule has 0 aliphatic rings. The minimum atomic E-state index is -3.80. The minimum Gasteiger partial charge on any atom is -0.497 e. The summed E-state index contributed by atoms with van der Waals surface area (Å²) in [4.78, 5) is 0.0211. The Hall–Kier alpha value is -3.49. The van der Waals surface area contributed by atoms with Crippen LogP contribution in [0.3, 0.4) is 0 Å². The Bertz CT molecular complexity index is 1310. The van der Waals surface area contributed by atoms with E-state index in [2.05, 4.69) is 15.5 Å². The van der Waals surface area contributed by atoms with Crippen molar-refractivity contribution in [1.29, 1.82) is 0 Å². The van der Waals surface area contributed by atoms with Crippen molar-refractivity contribution in [1.82, 2.24) is 10.2 Å². The standard InChI is InChI=1S/C21H18N4O3S/c1-28-16-8-4-6-14(12-16)20-18-10-2-3-11-19(18)21(25-24-20)23-15-7-5-9-17(13-15)29(22,26)27/h2-13H,1H3,(H,23,25)(H2,22,26,27). The minimum absolute atomic E-state index is 0.0211. The third-order valence-electron chi connectivity index (χ3n) is 4.46. The molecule has 0 unspecified atom stereocenters. The first-order valence-corrected chi connectivity index (χ1v) is 10.3. The Morgan fingerprint density at radius 2 is 1.66 bits per heavy atom. The number of anilines is 2. The van der Waals surface area contributed by atoms with E-state index in [9.17, 15) is 8.42 Å². The van der Waals surface area contributed by atoms with Gasteiger partial charge in [-0.15, -0.1) is 10.2 Å². The monoisotopic (exact) mass is 406 g/mol. The largest absolute Gasteiger partial charge is 0.497 e. The van der Waals surface area contributed by atoms with Crippen LogP contribution in [-0.2, 0) is 10.0 Å². The number of nitrogens with one attached hydrogen (secondary N) is 1. The molecule has 0 saturated heterocycles. The molecule has 29 heavy (non-hydrogen) atoms. The highest BCUT2D eigenvalue weighted by molar-refractivity contribution is 7.89. The highest BCUT2D eigenvalue weighted by atomic mass is 32.2. The Morgan fingerprint density at radius 1 is 0.897 bits per heavy atom. The van der Waals surface area contributed by atoms with E-state index in [1.807, 2.05) is 48.5 Å².